The van der Waals surface area contributed by atoms with Gasteiger partial charge in [0.15, 0.2) is 29.8 Å². The molecule has 3 aliphatic rings. The number of aromatic hydroxyl groups is 2. The first-order valence-corrected chi connectivity index (χ1v) is 20.7. The van der Waals surface area contributed by atoms with Crippen LogP contribution < -0.4 is 14.2 Å². The smallest absolute Gasteiger partial charge is 0.200 e. The average molecular weight is 753 g/mol. The number of aliphatic hydroxyl groups excluding tert-OH is 5. The molecule has 11 nitrogen and oxygen atoms in total. The molecule has 51 heavy (non-hydrogen) atoms. The number of methoxy groups -OCH3 is 1. The van der Waals surface area contributed by atoms with Gasteiger partial charge in [0.1, 0.15) is 6.79 Å². The van der Waals surface area contributed by atoms with Crippen LogP contribution in [0.4, 0.5) is 0 Å². The van der Waals surface area contributed by atoms with Gasteiger partial charge in [-0.25, -0.2) is 0 Å². The van der Waals surface area contributed by atoms with Crippen LogP contribution in [0.2, 0.25) is 0 Å². The summed E-state index contributed by atoms with van der Waals surface area (Å²) in [5.41, 5.74) is 2.76. The Morgan fingerprint density at radius 1 is 0.902 bits per heavy atom. The summed E-state index contributed by atoms with van der Waals surface area (Å²) in [6, 6.07) is 6.82. The first-order valence-electron chi connectivity index (χ1n) is 18.3. The molecule has 2 aliphatic carbocycles. The first-order chi connectivity index (χ1) is 24.6. The van der Waals surface area contributed by atoms with Crippen molar-refractivity contribution in [3.05, 3.63) is 41.0 Å². The Hall–Kier alpha value is -2.10. The van der Waals surface area contributed by atoms with Crippen molar-refractivity contribution in [2.45, 2.75) is 114 Å². The molecule has 0 bridgehead atoms. The second kappa shape index (κ2) is 18.8. The third-order valence-corrected chi connectivity index (χ3v) is 14.3. The molecule has 0 aromatic heterocycles. The summed E-state index contributed by atoms with van der Waals surface area (Å²) in [6.07, 6.45) is 7.26. The number of phenols is 2. The molecule has 5 rings (SSSR count). The number of aliphatic hydroxyl groups is 5. The van der Waals surface area contributed by atoms with Crippen molar-refractivity contribution in [1.82, 2.24) is 0 Å². The van der Waals surface area contributed by atoms with Gasteiger partial charge in [-0.05, 0) is 116 Å². The highest BCUT2D eigenvalue weighted by molar-refractivity contribution is 8.76. The summed E-state index contributed by atoms with van der Waals surface area (Å²) < 4.78 is 22.8. The number of ether oxygens (including phenoxy) is 4. The van der Waals surface area contributed by atoms with Crippen LogP contribution in [0.5, 0.6) is 28.7 Å². The van der Waals surface area contributed by atoms with E-state index < -0.39 is 37.8 Å². The summed E-state index contributed by atoms with van der Waals surface area (Å²) in [7, 11) is 4.33. The predicted molar refractivity (Wildman–Crippen MR) is 197 cm³/mol. The summed E-state index contributed by atoms with van der Waals surface area (Å²) in [5.74, 6) is 0.698. The van der Waals surface area contributed by atoms with E-state index in [-0.39, 0.29) is 59.6 Å². The maximum atomic E-state index is 11.6. The Morgan fingerprint density at radius 3 is 2.43 bits per heavy atom. The number of aryl methyl sites for hydroxylation is 1. The normalized spacial score (nSPS) is 30.3. The van der Waals surface area contributed by atoms with E-state index in [1.54, 1.807) is 18.2 Å². The highest BCUT2D eigenvalue weighted by Gasteiger charge is 2.47. The highest BCUT2D eigenvalue weighted by Crippen LogP contribution is 2.56. The zero-order valence-corrected chi connectivity index (χ0v) is 31.4. The van der Waals surface area contributed by atoms with E-state index in [4.69, 9.17) is 18.9 Å². The van der Waals surface area contributed by atoms with Crippen LogP contribution in [0.15, 0.2) is 24.3 Å². The number of hydrogen-bond donors (Lipinski definition) is 7. The average Bonchev–Trinajstić information content (AvgIpc) is 3.72. The van der Waals surface area contributed by atoms with Gasteiger partial charge in [0.05, 0.1) is 31.5 Å². The molecule has 0 amide bonds. The van der Waals surface area contributed by atoms with Crippen LogP contribution in [0, 0.1) is 17.3 Å². The largest absolute Gasteiger partial charge is 0.504 e. The minimum atomic E-state index is -1.03. The van der Waals surface area contributed by atoms with Gasteiger partial charge >= 0.3 is 0 Å². The Bertz CT molecular complexity index is 1410. The number of hydrogen-bond acceptors (Lipinski definition) is 13. The van der Waals surface area contributed by atoms with Crippen molar-refractivity contribution in [3.63, 3.8) is 0 Å². The van der Waals surface area contributed by atoms with Crippen molar-refractivity contribution >= 4 is 21.6 Å². The van der Waals surface area contributed by atoms with Crippen molar-refractivity contribution < 1.29 is 54.7 Å². The Morgan fingerprint density at radius 2 is 1.71 bits per heavy atom. The fourth-order valence-corrected chi connectivity index (χ4v) is 11.7. The Balaban J connectivity index is 1.40. The number of benzene rings is 2. The molecule has 7 N–H and O–H groups in total. The summed E-state index contributed by atoms with van der Waals surface area (Å²) in [6.45, 7) is 1.01. The molecule has 2 saturated carbocycles. The molecule has 1 spiro atoms. The maximum absolute atomic E-state index is 11.6. The van der Waals surface area contributed by atoms with Gasteiger partial charge in [0.25, 0.3) is 0 Å². The quantitative estimate of drug-likeness (QED) is 0.105. The van der Waals surface area contributed by atoms with E-state index in [0.29, 0.717) is 36.0 Å². The van der Waals surface area contributed by atoms with Crippen LogP contribution in [0.1, 0.15) is 93.1 Å². The number of rotatable bonds is 12. The van der Waals surface area contributed by atoms with Gasteiger partial charge < -0.3 is 54.7 Å². The zero-order valence-electron chi connectivity index (χ0n) is 29.7. The van der Waals surface area contributed by atoms with Gasteiger partial charge in [-0.3, -0.25) is 0 Å². The van der Waals surface area contributed by atoms with Crippen molar-refractivity contribution in [1.29, 1.82) is 0 Å². The van der Waals surface area contributed by atoms with Crippen LogP contribution in [0.25, 0.3) is 0 Å². The molecule has 8 atom stereocenters. The first kappa shape index (κ1) is 40.1. The maximum Gasteiger partial charge on any atom is 0.200 e. The van der Waals surface area contributed by atoms with E-state index in [1.807, 2.05) is 6.07 Å². The molecule has 13 heteroatoms. The van der Waals surface area contributed by atoms with E-state index in [2.05, 4.69) is 6.92 Å². The molecule has 1 aliphatic heterocycles. The fraction of sp³-hybridized carbons (Fsp3) is 0.684. The molecule has 0 radical (unpaired) electrons. The van der Waals surface area contributed by atoms with Gasteiger partial charge in [-0.15, -0.1) is 0 Å². The molecular formula is C38H56O11S2. The third kappa shape index (κ3) is 9.72. The molecule has 0 unspecified atom stereocenters. The van der Waals surface area contributed by atoms with Crippen molar-refractivity contribution in [3.8, 4) is 28.7 Å². The lowest BCUT2D eigenvalue weighted by Gasteiger charge is -2.31. The van der Waals surface area contributed by atoms with Crippen LogP contribution in [0.3, 0.4) is 0 Å². The molecule has 1 heterocycles. The molecule has 2 aromatic rings. The van der Waals surface area contributed by atoms with Crippen molar-refractivity contribution in [2.24, 2.45) is 17.3 Å². The summed E-state index contributed by atoms with van der Waals surface area (Å²) in [4.78, 5) is 0. The van der Waals surface area contributed by atoms with Crippen molar-refractivity contribution in [2.75, 3.05) is 33.1 Å². The highest BCUT2D eigenvalue weighted by atomic mass is 33.1. The lowest BCUT2D eigenvalue weighted by Crippen LogP contribution is -2.38. The minimum absolute atomic E-state index is 0.0132. The second-order valence-corrected chi connectivity index (χ2v) is 17.0. The minimum Gasteiger partial charge on any atom is -0.504 e. The standard InChI is InChI=1S/C38H56O11S2/c1-3-25-5-4-10-38(25)11-8-27(19-38)49-33-16-24-6-7-26(47-21-40)17-30(42)29(13-23-14-34(46-2)37(45)35(15-23)48-22-41)32(44)20-50-51-36(9-12-39)28(24)18-31(33)43/h14-16,18,25-27,29-30,32,36,39-45H,3-13,17,19-22H2,1-2H3/t25-,26-,27+,29-,30+,32+,36-,38+/m0/s1. The fourth-order valence-electron chi connectivity index (χ4n) is 8.78. The van der Waals surface area contributed by atoms with E-state index >= 15 is 0 Å². The molecule has 0 saturated heterocycles. The lowest BCUT2D eigenvalue weighted by atomic mass is 9.75. The third-order valence-electron chi connectivity index (χ3n) is 11.4. The van der Waals surface area contributed by atoms with E-state index in [1.165, 1.54) is 54.4 Å². The monoisotopic (exact) mass is 752 g/mol. The van der Waals surface area contributed by atoms with Crippen LogP contribution in [-0.4, -0.2) is 93.2 Å². The molecular weight excluding hydrogens is 697 g/mol. The van der Waals surface area contributed by atoms with E-state index in [9.17, 15) is 35.7 Å². The lowest BCUT2D eigenvalue weighted by molar-refractivity contribution is -0.0808. The zero-order chi connectivity index (χ0) is 36.5. The Labute approximate surface area is 309 Å². The Kier molecular flexibility index (Phi) is 14.8. The molecule has 2 aromatic carbocycles. The number of fused-ring (bicyclic) bond motifs is 1. The van der Waals surface area contributed by atoms with E-state index in [0.717, 1.165) is 36.3 Å². The van der Waals surface area contributed by atoms with Gasteiger partial charge in [0.2, 0.25) is 5.75 Å². The SMILES string of the molecule is CC[C@H]1CCC[C@]12CC[C@@H](Oc1cc3c(cc1O)[C@H](CCO)SSC[C@@H](O)[C@@H](Cc1cc(OC)c(O)c(OCO)c1)[C@H](O)C[C@@H](OCO)CC3)C2. The number of phenolic OH excluding ortho intramolecular Hbond substituents is 2. The molecule has 2 fully saturated rings. The predicted octanol–water partition coefficient (Wildman–Crippen LogP) is 5.62. The van der Waals surface area contributed by atoms with Gasteiger partial charge in [0, 0.05) is 23.5 Å². The van der Waals surface area contributed by atoms with Crippen LogP contribution >= 0.6 is 21.6 Å². The molecule has 286 valence electrons. The summed E-state index contributed by atoms with van der Waals surface area (Å²) >= 11 is 0. The van der Waals surface area contributed by atoms with Crippen LogP contribution in [-0.2, 0) is 17.6 Å². The second-order valence-electron chi connectivity index (χ2n) is 14.4. The van der Waals surface area contributed by atoms with Gasteiger partial charge in [-0.2, -0.15) is 0 Å². The topological polar surface area (TPSA) is 179 Å². The summed E-state index contributed by atoms with van der Waals surface area (Å²) in [5, 5.41) is 73.9. The van der Waals surface area contributed by atoms with Gasteiger partial charge in [-0.1, -0.05) is 41.4 Å².